The Morgan fingerprint density at radius 1 is 1.04 bits per heavy atom. The Hall–Kier alpha value is -0.850. The van der Waals surface area contributed by atoms with Crippen molar-refractivity contribution in [3.8, 4) is 0 Å². The van der Waals surface area contributed by atoms with Crippen LogP contribution in [0.15, 0.2) is 0 Å². The minimum absolute atomic E-state index is 0. The molecule has 0 aromatic rings. The molecule has 0 fully saturated rings. The minimum Gasteiger partial charge on any atom is -0.461 e. The van der Waals surface area contributed by atoms with E-state index in [1.165, 1.54) is 0 Å². The van der Waals surface area contributed by atoms with Gasteiger partial charge in [0, 0.05) is 0 Å². The zero-order chi connectivity index (χ0) is 17.4. The third-order valence-corrected chi connectivity index (χ3v) is 3.09. The predicted molar refractivity (Wildman–Crippen MR) is 93.3 cm³/mol. The molecule has 7 heteroatoms. The monoisotopic (exact) mass is 352 g/mol. The Kier molecular flexibility index (Phi) is 12.4. The van der Waals surface area contributed by atoms with Gasteiger partial charge in [0.25, 0.3) is 0 Å². The summed E-state index contributed by atoms with van der Waals surface area (Å²) in [4.78, 5) is 24.0. The lowest BCUT2D eigenvalue weighted by molar-refractivity contribution is -0.159. The average molecular weight is 353 g/mol. The molecule has 0 aliphatic carbocycles. The molecule has 0 radical (unpaired) electrons. The van der Waals surface area contributed by atoms with E-state index in [4.69, 9.17) is 10.5 Å². The fourth-order valence-corrected chi connectivity index (χ4v) is 2.15. The molecule has 0 rings (SSSR count). The molecule has 1 unspecified atom stereocenters. The molecule has 0 aromatic heterocycles. The summed E-state index contributed by atoms with van der Waals surface area (Å²) in [5.41, 5.74) is 5.84. The Bertz CT molecular complexity index is 362. The second kappa shape index (κ2) is 11.6. The molecule has 1 amide bonds. The Morgan fingerprint density at radius 2 is 1.52 bits per heavy atom. The van der Waals surface area contributed by atoms with Gasteiger partial charge in [0.1, 0.15) is 0 Å². The van der Waals surface area contributed by atoms with E-state index in [-0.39, 0.29) is 30.3 Å². The molecule has 0 heterocycles. The molecule has 0 aromatic carbocycles. The van der Waals surface area contributed by atoms with Gasteiger partial charge < -0.3 is 20.9 Å². The Balaban J connectivity index is 0. The Morgan fingerprint density at radius 3 is 1.91 bits per heavy atom. The second-order valence-corrected chi connectivity index (χ2v) is 6.91. The van der Waals surface area contributed by atoms with Crippen molar-refractivity contribution in [2.24, 2.45) is 17.6 Å². The van der Waals surface area contributed by atoms with Crippen molar-refractivity contribution in [3.63, 3.8) is 0 Å². The average Bonchev–Trinajstić information content (AvgIpc) is 2.34. The number of hydrogen-bond acceptors (Lipinski definition) is 5. The fourth-order valence-electron chi connectivity index (χ4n) is 2.15. The van der Waals surface area contributed by atoms with Gasteiger partial charge in [0.05, 0.1) is 18.2 Å². The highest BCUT2D eigenvalue weighted by atomic mass is 35.5. The van der Waals surface area contributed by atoms with E-state index in [9.17, 15) is 14.7 Å². The van der Waals surface area contributed by atoms with Crippen molar-refractivity contribution >= 4 is 24.3 Å². The van der Waals surface area contributed by atoms with Crippen molar-refractivity contribution in [3.05, 3.63) is 0 Å². The van der Waals surface area contributed by atoms with Crippen LogP contribution < -0.4 is 11.1 Å². The molecule has 0 spiro atoms. The summed E-state index contributed by atoms with van der Waals surface area (Å²) in [5, 5.41) is 12.9. The number of esters is 1. The van der Waals surface area contributed by atoms with Crippen molar-refractivity contribution in [2.75, 3.05) is 0 Å². The van der Waals surface area contributed by atoms with Gasteiger partial charge in [0.2, 0.25) is 5.91 Å². The van der Waals surface area contributed by atoms with Gasteiger partial charge in [-0.05, 0) is 38.5 Å². The quantitative estimate of drug-likeness (QED) is 0.547. The van der Waals surface area contributed by atoms with Crippen LogP contribution in [-0.2, 0) is 14.3 Å². The first-order chi connectivity index (χ1) is 10.0. The number of carbonyl (C=O) groups excluding carboxylic acids is 2. The lowest BCUT2D eigenvalue weighted by atomic mass is 9.97. The van der Waals surface area contributed by atoms with Crippen molar-refractivity contribution < 1.29 is 19.4 Å². The number of aliphatic hydroxyl groups excluding tert-OH is 1. The van der Waals surface area contributed by atoms with E-state index in [1.54, 1.807) is 13.8 Å². The standard InChI is InChI=1S/C16H32N2O4.ClH/c1-9(2)7-12(17)15(20)18-13(8-10(3)4)14(19)16(21)22-11(5)6;/h9-14,19H,7-8,17H2,1-6H3,(H,18,20);1H/t12-,13-,14?;/m0./s1. The van der Waals surface area contributed by atoms with Crippen LogP contribution in [0, 0.1) is 11.8 Å². The molecule has 6 nitrogen and oxygen atoms in total. The number of halogens is 1. The van der Waals surface area contributed by atoms with Crippen LogP contribution in [0.1, 0.15) is 54.4 Å². The first-order valence-electron chi connectivity index (χ1n) is 7.99. The fraction of sp³-hybridized carbons (Fsp3) is 0.875. The van der Waals surface area contributed by atoms with Crippen LogP contribution in [0.2, 0.25) is 0 Å². The number of amides is 1. The number of hydrogen-bond donors (Lipinski definition) is 3. The highest BCUT2D eigenvalue weighted by Gasteiger charge is 2.31. The van der Waals surface area contributed by atoms with Gasteiger partial charge in [-0.2, -0.15) is 0 Å². The summed E-state index contributed by atoms with van der Waals surface area (Å²) in [6.07, 6.45) is -0.692. The largest absolute Gasteiger partial charge is 0.461 e. The predicted octanol–water partition coefficient (Wildman–Crippen LogP) is 1.62. The Labute approximate surface area is 145 Å². The normalized spacial score (nSPS) is 15.1. The molecule has 0 saturated heterocycles. The number of nitrogens with one attached hydrogen (secondary N) is 1. The molecule has 138 valence electrons. The zero-order valence-electron chi connectivity index (χ0n) is 15.0. The van der Waals surface area contributed by atoms with E-state index in [1.807, 2.05) is 27.7 Å². The number of ether oxygens (including phenoxy) is 1. The topological polar surface area (TPSA) is 102 Å². The van der Waals surface area contributed by atoms with E-state index in [0.717, 1.165) is 0 Å². The summed E-state index contributed by atoms with van der Waals surface area (Å²) in [5.74, 6) is -0.581. The molecule has 0 aliphatic heterocycles. The number of rotatable bonds is 9. The summed E-state index contributed by atoms with van der Waals surface area (Å²) < 4.78 is 5.01. The van der Waals surface area contributed by atoms with Gasteiger partial charge >= 0.3 is 5.97 Å². The van der Waals surface area contributed by atoms with Crippen molar-refractivity contribution in [1.82, 2.24) is 5.32 Å². The van der Waals surface area contributed by atoms with Crippen molar-refractivity contribution in [2.45, 2.75) is 78.7 Å². The first kappa shape index (κ1) is 24.4. The van der Waals surface area contributed by atoms with Crippen molar-refractivity contribution in [1.29, 1.82) is 0 Å². The highest BCUT2D eigenvalue weighted by Crippen LogP contribution is 2.12. The summed E-state index contributed by atoms with van der Waals surface area (Å²) in [6.45, 7) is 11.3. The zero-order valence-corrected chi connectivity index (χ0v) is 15.9. The van der Waals surface area contributed by atoms with Gasteiger partial charge in [-0.25, -0.2) is 4.79 Å². The minimum atomic E-state index is -1.39. The van der Waals surface area contributed by atoms with Gasteiger partial charge in [-0.15, -0.1) is 12.4 Å². The SMILES string of the molecule is CC(C)C[C@H](NC(=O)[C@@H](N)CC(C)C)C(O)C(=O)OC(C)C.Cl. The molecular formula is C16H33ClN2O4. The lowest BCUT2D eigenvalue weighted by Gasteiger charge is -2.26. The highest BCUT2D eigenvalue weighted by molar-refractivity contribution is 5.85. The number of aliphatic hydroxyl groups is 1. The van der Waals surface area contributed by atoms with Gasteiger partial charge in [-0.1, -0.05) is 27.7 Å². The number of nitrogens with two attached hydrogens (primary N) is 1. The van der Waals surface area contributed by atoms with Crippen LogP contribution in [0.25, 0.3) is 0 Å². The molecule has 0 aliphatic rings. The third kappa shape index (κ3) is 10.5. The smallest absolute Gasteiger partial charge is 0.337 e. The number of carbonyl (C=O) groups is 2. The third-order valence-electron chi connectivity index (χ3n) is 3.09. The van der Waals surface area contributed by atoms with E-state index in [0.29, 0.717) is 18.8 Å². The lowest BCUT2D eigenvalue weighted by Crippen LogP contribution is -2.53. The summed E-state index contributed by atoms with van der Waals surface area (Å²) in [7, 11) is 0. The molecule has 23 heavy (non-hydrogen) atoms. The van der Waals surface area contributed by atoms with Gasteiger partial charge in [-0.3, -0.25) is 4.79 Å². The van der Waals surface area contributed by atoms with Crippen LogP contribution in [0.4, 0.5) is 0 Å². The van der Waals surface area contributed by atoms with E-state index in [2.05, 4.69) is 5.32 Å². The summed E-state index contributed by atoms with van der Waals surface area (Å²) in [6, 6.07) is -1.35. The van der Waals surface area contributed by atoms with Crippen LogP contribution >= 0.6 is 12.4 Å². The maximum absolute atomic E-state index is 12.1. The maximum atomic E-state index is 12.1. The molecule has 0 bridgehead atoms. The van der Waals surface area contributed by atoms with Crippen LogP contribution in [-0.4, -0.2) is 41.3 Å². The van der Waals surface area contributed by atoms with E-state index < -0.39 is 24.2 Å². The molecule has 3 atom stereocenters. The first-order valence-corrected chi connectivity index (χ1v) is 7.99. The molecule has 4 N–H and O–H groups in total. The molecular weight excluding hydrogens is 320 g/mol. The van der Waals surface area contributed by atoms with Crippen LogP contribution in [0.3, 0.4) is 0 Å². The second-order valence-electron chi connectivity index (χ2n) is 6.91. The summed E-state index contributed by atoms with van der Waals surface area (Å²) >= 11 is 0. The van der Waals surface area contributed by atoms with Crippen LogP contribution in [0.5, 0.6) is 0 Å². The molecule has 0 saturated carbocycles. The van der Waals surface area contributed by atoms with Gasteiger partial charge in [0.15, 0.2) is 6.10 Å². The maximum Gasteiger partial charge on any atom is 0.337 e. The van der Waals surface area contributed by atoms with E-state index >= 15 is 0 Å².